The van der Waals surface area contributed by atoms with Gasteiger partial charge in [-0.3, -0.25) is 4.90 Å². The Kier molecular flexibility index (Phi) is 5.58. The van der Waals surface area contributed by atoms with Crippen LogP contribution in [0.3, 0.4) is 0 Å². The number of aromatic nitrogens is 1. The van der Waals surface area contributed by atoms with Crippen molar-refractivity contribution >= 4 is 16.8 Å². The normalized spacial score (nSPS) is 15.1. The molecule has 0 saturated carbocycles. The van der Waals surface area contributed by atoms with E-state index in [1.165, 1.54) is 11.6 Å². The molecule has 3 aromatic rings. The predicted molar refractivity (Wildman–Crippen MR) is 110 cm³/mol. The minimum absolute atomic E-state index is 0.343. The van der Waals surface area contributed by atoms with Crippen molar-refractivity contribution in [2.75, 3.05) is 44.2 Å². The van der Waals surface area contributed by atoms with Crippen LogP contribution in [0.4, 0.5) is 5.82 Å². The number of pyridine rings is 1. The number of benzene rings is 1. The van der Waals surface area contributed by atoms with E-state index in [-0.39, 0.29) is 5.63 Å². The van der Waals surface area contributed by atoms with Crippen molar-refractivity contribution in [3.8, 4) is 5.75 Å². The molecule has 3 heterocycles. The third-order valence-electron chi connectivity index (χ3n) is 5.07. The topological polar surface area (TPSA) is 58.8 Å². The zero-order chi connectivity index (χ0) is 19.3. The van der Waals surface area contributed by atoms with Crippen LogP contribution in [0.25, 0.3) is 11.0 Å². The van der Waals surface area contributed by atoms with Crippen molar-refractivity contribution in [1.82, 2.24) is 9.88 Å². The highest BCUT2D eigenvalue weighted by Gasteiger charge is 2.17. The molecular weight excluding hydrogens is 354 g/mol. The van der Waals surface area contributed by atoms with E-state index in [4.69, 9.17) is 9.15 Å². The van der Waals surface area contributed by atoms with E-state index in [1.807, 2.05) is 18.3 Å². The van der Waals surface area contributed by atoms with E-state index in [9.17, 15) is 4.79 Å². The molecule has 6 heteroatoms. The van der Waals surface area contributed by atoms with Crippen LogP contribution in [0.5, 0.6) is 5.75 Å². The van der Waals surface area contributed by atoms with Gasteiger partial charge in [-0.05, 0) is 43.2 Å². The third kappa shape index (κ3) is 4.51. The first-order chi connectivity index (χ1) is 13.7. The monoisotopic (exact) mass is 379 g/mol. The highest BCUT2D eigenvalue weighted by atomic mass is 16.5. The van der Waals surface area contributed by atoms with Crippen LogP contribution in [-0.4, -0.2) is 49.2 Å². The van der Waals surface area contributed by atoms with E-state index in [1.54, 1.807) is 12.1 Å². The summed E-state index contributed by atoms with van der Waals surface area (Å²) in [4.78, 5) is 20.7. The van der Waals surface area contributed by atoms with E-state index in [0.717, 1.165) is 56.1 Å². The van der Waals surface area contributed by atoms with Gasteiger partial charge in [0.25, 0.3) is 0 Å². The standard InChI is InChI=1S/C22H25N3O3/c1-17-3-7-21(23-16-17)25-12-10-24(11-13-25)9-2-14-27-19-6-4-18-5-8-22(26)28-20(18)15-19/h3-8,15-16H,2,9-14H2,1H3. The zero-order valence-electron chi connectivity index (χ0n) is 16.1. The van der Waals surface area contributed by atoms with Crippen LogP contribution >= 0.6 is 0 Å². The molecule has 0 amide bonds. The lowest BCUT2D eigenvalue weighted by atomic mass is 10.2. The van der Waals surface area contributed by atoms with Gasteiger partial charge in [0.2, 0.25) is 0 Å². The van der Waals surface area contributed by atoms with Crippen molar-refractivity contribution in [1.29, 1.82) is 0 Å². The number of rotatable bonds is 6. The molecule has 0 radical (unpaired) electrons. The number of fused-ring (bicyclic) bond motifs is 1. The average molecular weight is 379 g/mol. The van der Waals surface area contributed by atoms with Gasteiger partial charge < -0.3 is 14.1 Å². The number of piperazine rings is 1. The molecule has 1 aliphatic rings. The molecule has 1 aliphatic heterocycles. The Labute approximate surface area is 164 Å². The number of aryl methyl sites for hydroxylation is 1. The Morgan fingerprint density at radius 1 is 1.07 bits per heavy atom. The van der Waals surface area contributed by atoms with Gasteiger partial charge in [-0.25, -0.2) is 9.78 Å². The molecule has 1 saturated heterocycles. The Morgan fingerprint density at radius 3 is 2.68 bits per heavy atom. The molecule has 4 rings (SSSR count). The summed E-state index contributed by atoms with van der Waals surface area (Å²) >= 11 is 0. The molecule has 1 aromatic carbocycles. The molecule has 146 valence electrons. The summed E-state index contributed by atoms with van der Waals surface area (Å²) in [6.07, 6.45) is 2.89. The predicted octanol–water partition coefficient (Wildman–Crippen LogP) is 3.09. The minimum atomic E-state index is -0.343. The van der Waals surface area contributed by atoms with Crippen LogP contribution in [0.15, 0.2) is 57.9 Å². The fourth-order valence-electron chi connectivity index (χ4n) is 3.46. The fourth-order valence-corrected chi connectivity index (χ4v) is 3.46. The summed E-state index contributed by atoms with van der Waals surface area (Å²) in [6.45, 7) is 7.79. The number of nitrogens with zero attached hydrogens (tertiary/aromatic N) is 3. The summed E-state index contributed by atoms with van der Waals surface area (Å²) < 4.78 is 11.0. The fraction of sp³-hybridized carbons (Fsp3) is 0.364. The molecule has 0 aliphatic carbocycles. The molecule has 6 nitrogen and oxygen atoms in total. The average Bonchev–Trinajstić information content (AvgIpc) is 2.72. The molecule has 0 atom stereocenters. The van der Waals surface area contributed by atoms with Crippen molar-refractivity contribution in [2.24, 2.45) is 0 Å². The van der Waals surface area contributed by atoms with Gasteiger partial charge in [-0.1, -0.05) is 6.07 Å². The second-order valence-corrected chi connectivity index (χ2v) is 7.18. The molecule has 0 N–H and O–H groups in total. The van der Waals surface area contributed by atoms with Gasteiger partial charge in [-0.15, -0.1) is 0 Å². The van der Waals surface area contributed by atoms with Gasteiger partial charge in [0.1, 0.15) is 17.2 Å². The molecule has 28 heavy (non-hydrogen) atoms. The summed E-state index contributed by atoms with van der Waals surface area (Å²) in [5, 5.41) is 0.896. The molecule has 0 unspecified atom stereocenters. The van der Waals surface area contributed by atoms with Crippen LogP contribution < -0.4 is 15.3 Å². The van der Waals surface area contributed by atoms with E-state index < -0.39 is 0 Å². The van der Waals surface area contributed by atoms with E-state index in [0.29, 0.717) is 12.2 Å². The number of hydrogen-bond acceptors (Lipinski definition) is 6. The lowest BCUT2D eigenvalue weighted by molar-refractivity contribution is 0.224. The SMILES string of the molecule is Cc1ccc(N2CCN(CCCOc3ccc4ccc(=O)oc4c3)CC2)nc1. The molecule has 1 fully saturated rings. The van der Waals surface area contributed by atoms with Crippen LogP contribution in [0.2, 0.25) is 0 Å². The first kappa shape index (κ1) is 18.5. The second kappa shape index (κ2) is 8.44. The van der Waals surface area contributed by atoms with E-state index in [2.05, 4.69) is 33.8 Å². The van der Waals surface area contributed by atoms with Gasteiger partial charge in [0.15, 0.2) is 0 Å². The van der Waals surface area contributed by atoms with Crippen molar-refractivity contribution in [3.63, 3.8) is 0 Å². The maximum Gasteiger partial charge on any atom is 0.336 e. The summed E-state index contributed by atoms with van der Waals surface area (Å²) in [7, 11) is 0. The first-order valence-corrected chi connectivity index (χ1v) is 9.74. The zero-order valence-corrected chi connectivity index (χ0v) is 16.1. The Hall–Kier alpha value is -2.86. The third-order valence-corrected chi connectivity index (χ3v) is 5.07. The molecular formula is C22H25N3O3. The second-order valence-electron chi connectivity index (χ2n) is 7.18. The van der Waals surface area contributed by atoms with Crippen molar-refractivity contribution in [3.05, 3.63) is 64.6 Å². The van der Waals surface area contributed by atoms with Crippen molar-refractivity contribution < 1.29 is 9.15 Å². The minimum Gasteiger partial charge on any atom is -0.493 e. The number of hydrogen-bond donors (Lipinski definition) is 0. The van der Waals surface area contributed by atoms with Crippen LogP contribution in [0, 0.1) is 6.92 Å². The maximum atomic E-state index is 11.3. The quantitative estimate of drug-likeness (QED) is 0.485. The molecule has 0 bridgehead atoms. The lowest BCUT2D eigenvalue weighted by Gasteiger charge is -2.35. The van der Waals surface area contributed by atoms with Gasteiger partial charge in [0, 0.05) is 56.4 Å². The number of ether oxygens (including phenoxy) is 1. The Morgan fingerprint density at radius 2 is 1.89 bits per heavy atom. The maximum absolute atomic E-state index is 11.3. The summed E-state index contributed by atoms with van der Waals surface area (Å²) in [6, 6.07) is 13.0. The largest absolute Gasteiger partial charge is 0.493 e. The van der Waals surface area contributed by atoms with Crippen LogP contribution in [-0.2, 0) is 0 Å². The Bertz CT molecular complexity index is 976. The molecule has 2 aromatic heterocycles. The first-order valence-electron chi connectivity index (χ1n) is 9.74. The Balaban J connectivity index is 1.21. The number of anilines is 1. The highest BCUT2D eigenvalue weighted by molar-refractivity contribution is 5.77. The van der Waals surface area contributed by atoms with Gasteiger partial charge in [0.05, 0.1) is 6.61 Å². The van der Waals surface area contributed by atoms with Gasteiger partial charge in [-0.2, -0.15) is 0 Å². The smallest absolute Gasteiger partial charge is 0.336 e. The molecule has 0 spiro atoms. The summed E-state index contributed by atoms with van der Waals surface area (Å²) in [5.41, 5.74) is 1.41. The van der Waals surface area contributed by atoms with Gasteiger partial charge >= 0.3 is 5.63 Å². The van der Waals surface area contributed by atoms with Crippen LogP contribution in [0.1, 0.15) is 12.0 Å². The highest BCUT2D eigenvalue weighted by Crippen LogP contribution is 2.19. The lowest BCUT2D eigenvalue weighted by Crippen LogP contribution is -2.47. The van der Waals surface area contributed by atoms with Crippen molar-refractivity contribution in [2.45, 2.75) is 13.3 Å². The summed E-state index contributed by atoms with van der Waals surface area (Å²) in [5.74, 6) is 1.80. The van der Waals surface area contributed by atoms with E-state index >= 15 is 0 Å².